The maximum atomic E-state index is 8.98. The number of nitriles is 1. The number of ether oxygens (including phenoxy) is 1. The van der Waals surface area contributed by atoms with E-state index in [1.54, 1.807) is 0 Å². The lowest BCUT2D eigenvalue weighted by atomic mass is 9.89. The third kappa shape index (κ3) is 6.91. The molecule has 0 spiro atoms. The molecule has 1 aliphatic rings. The molecule has 1 rings (SSSR count). The minimum absolute atomic E-state index is 0.177. The summed E-state index contributed by atoms with van der Waals surface area (Å²) in [6.45, 7) is 8.92. The SMILES string of the molecule is CC(C)(C#N)CCCN1CCC(OCCCN)CC1. The molecule has 1 heterocycles. The fraction of sp³-hybridized carbons (Fsp3) is 0.933. The molecule has 0 unspecified atom stereocenters. The van der Waals surface area contributed by atoms with Crippen LogP contribution in [0.1, 0.15) is 46.0 Å². The van der Waals surface area contributed by atoms with Crippen LogP contribution in [0.2, 0.25) is 0 Å². The van der Waals surface area contributed by atoms with Crippen LogP contribution < -0.4 is 5.73 Å². The summed E-state index contributed by atoms with van der Waals surface area (Å²) in [6.07, 6.45) is 5.75. The molecule has 19 heavy (non-hydrogen) atoms. The van der Waals surface area contributed by atoms with Gasteiger partial charge < -0.3 is 15.4 Å². The van der Waals surface area contributed by atoms with E-state index in [0.29, 0.717) is 12.6 Å². The van der Waals surface area contributed by atoms with Gasteiger partial charge in [0.05, 0.1) is 17.6 Å². The Bertz CT molecular complexity index is 278. The van der Waals surface area contributed by atoms with Gasteiger partial charge in [-0.25, -0.2) is 0 Å². The van der Waals surface area contributed by atoms with Crippen molar-refractivity contribution in [1.29, 1.82) is 5.26 Å². The Kier molecular flexibility index (Phi) is 7.37. The predicted octanol–water partition coefficient (Wildman–Crippen LogP) is 2.15. The molecule has 0 aromatic heterocycles. The Morgan fingerprint density at radius 1 is 1.32 bits per heavy atom. The van der Waals surface area contributed by atoms with Gasteiger partial charge in [0.1, 0.15) is 0 Å². The lowest BCUT2D eigenvalue weighted by Crippen LogP contribution is -2.38. The van der Waals surface area contributed by atoms with Gasteiger partial charge in [-0.2, -0.15) is 5.26 Å². The summed E-state index contributed by atoms with van der Waals surface area (Å²) in [5.74, 6) is 0. The first-order valence-corrected chi connectivity index (χ1v) is 7.52. The average molecular weight is 267 g/mol. The minimum Gasteiger partial charge on any atom is -0.378 e. The lowest BCUT2D eigenvalue weighted by molar-refractivity contribution is 0.00674. The number of likely N-dealkylation sites (tertiary alicyclic amines) is 1. The maximum absolute atomic E-state index is 8.98. The second kappa shape index (κ2) is 8.52. The van der Waals surface area contributed by atoms with Crippen molar-refractivity contribution >= 4 is 0 Å². The van der Waals surface area contributed by atoms with Crippen LogP contribution in [-0.4, -0.2) is 43.8 Å². The molecule has 0 aromatic carbocycles. The normalized spacial score (nSPS) is 18.4. The van der Waals surface area contributed by atoms with E-state index < -0.39 is 0 Å². The number of hydrogen-bond donors (Lipinski definition) is 1. The summed E-state index contributed by atoms with van der Waals surface area (Å²) in [7, 11) is 0. The summed E-state index contributed by atoms with van der Waals surface area (Å²) in [5, 5.41) is 8.98. The van der Waals surface area contributed by atoms with E-state index >= 15 is 0 Å². The molecular weight excluding hydrogens is 238 g/mol. The van der Waals surface area contributed by atoms with Crippen LogP contribution in [-0.2, 0) is 4.74 Å². The maximum Gasteiger partial charge on any atom is 0.0683 e. The van der Waals surface area contributed by atoms with Gasteiger partial charge in [0.25, 0.3) is 0 Å². The van der Waals surface area contributed by atoms with Crippen LogP contribution in [0.4, 0.5) is 0 Å². The van der Waals surface area contributed by atoms with Crippen LogP contribution in [0.3, 0.4) is 0 Å². The lowest BCUT2D eigenvalue weighted by Gasteiger charge is -2.32. The second-order valence-corrected chi connectivity index (χ2v) is 6.15. The highest BCUT2D eigenvalue weighted by Crippen LogP contribution is 2.21. The quantitative estimate of drug-likeness (QED) is 0.684. The van der Waals surface area contributed by atoms with Gasteiger partial charge in [-0.15, -0.1) is 0 Å². The largest absolute Gasteiger partial charge is 0.378 e. The molecule has 0 aromatic rings. The number of hydrogen-bond acceptors (Lipinski definition) is 4. The van der Waals surface area contributed by atoms with Gasteiger partial charge in [0, 0.05) is 19.7 Å². The van der Waals surface area contributed by atoms with E-state index in [-0.39, 0.29) is 5.41 Å². The van der Waals surface area contributed by atoms with Crippen molar-refractivity contribution in [2.24, 2.45) is 11.1 Å². The zero-order valence-electron chi connectivity index (χ0n) is 12.5. The molecule has 1 aliphatic heterocycles. The van der Waals surface area contributed by atoms with E-state index in [2.05, 4.69) is 11.0 Å². The number of rotatable bonds is 8. The van der Waals surface area contributed by atoms with Crippen LogP contribution in [0, 0.1) is 16.7 Å². The van der Waals surface area contributed by atoms with Crippen molar-refractivity contribution in [3.63, 3.8) is 0 Å². The third-order valence-electron chi connectivity index (χ3n) is 3.82. The molecule has 0 saturated carbocycles. The van der Waals surface area contributed by atoms with E-state index in [1.165, 1.54) is 0 Å². The fourth-order valence-electron chi connectivity index (χ4n) is 2.43. The Labute approximate surface area is 117 Å². The first-order chi connectivity index (χ1) is 9.07. The van der Waals surface area contributed by atoms with Crippen molar-refractivity contribution in [3.05, 3.63) is 0 Å². The number of nitrogens with two attached hydrogens (primary N) is 1. The monoisotopic (exact) mass is 267 g/mol. The Balaban J connectivity index is 2.08. The van der Waals surface area contributed by atoms with Crippen molar-refractivity contribution in [3.8, 4) is 6.07 Å². The average Bonchev–Trinajstić information content (AvgIpc) is 2.41. The zero-order chi connectivity index (χ0) is 14.1. The molecule has 0 bridgehead atoms. The van der Waals surface area contributed by atoms with Gasteiger partial charge in [-0.05, 0) is 59.0 Å². The molecule has 2 N–H and O–H groups in total. The Morgan fingerprint density at radius 3 is 2.58 bits per heavy atom. The molecule has 0 aliphatic carbocycles. The molecule has 1 saturated heterocycles. The molecule has 4 heteroatoms. The van der Waals surface area contributed by atoms with Gasteiger partial charge in [0.15, 0.2) is 0 Å². The summed E-state index contributed by atoms with van der Waals surface area (Å²) >= 11 is 0. The third-order valence-corrected chi connectivity index (χ3v) is 3.82. The molecule has 0 atom stereocenters. The first-order valence-electron chi connectivity index (χ1n) is 7.52. The topological polar surface area (TPSA) is 62.3 Å². The Morgan fingerprint density at radius 2 is 2.00 bits per heavy atom. The Hall–Kier alpha value is -0.630. The van der Waals surface area contributed by atoms with E-state index in [1.807, 2.05) is 13.8 Å². The van der Waals surface area contributed by atoms with E-state index in [0.717, 1.165) is 58.3 Å². The highest BCUT2D eigenvalue weighted by molar-refractivity contribution is 4.91. The molecule has 0 amide bonds. The summed E-state index contributed by atoms with van der Waals surface area (Å²) in [5.41, 5.74) is 5.28. The highest BCUT2D eigenvalue weighted by atomic mass is 16.5. The first kappa shape index (κ1) is 16.4. The van der Waals surface area contributed by atoms with E-state index in [4.69, 9.17) is 15.7 Å². The second-order valence-electron chi connectivity index (χ2n) is 6.15. The fourth-order valence-corrected chi connectivity index (χ4v) is 2.43. The van der Waals surface area contributed by atoms with Gasteiger partial charge in [0.2, 0.25) is 0 Å². The molecule has 0 radical (unpaired) electrons. The highest BCUT2D eigenvalue weighted by Gasteiger charge is 2.21. The number of nitrogens with zero attached hydrogens (tertiary/aromatic N) is 2. The molecule has 1 fully saturated rings. The molecule has 4 nitrogen and oxygen atoms in total. The summed E-state index contributed by atoms with van der Waals surface area (Å²) in [6, 6.07) is 2.37. The molecular formula is C15H29N3O. The van der Waals surface area contributed by atoms with Crippen LogP contribution in [0.15, 0.2) is 0 Å². The summed E-state index contributed by atoms with van der Waals surface area (Å²) in [4.78, 5) is 2.50. The standard InChI is InChI=1S/C15H29N3O/c1-15(2,13-17)7-3-9-18-10-5-14(6-11-18)19-12-4-8-16/h14H,3-12,16H2,1-2H3. The van der Waals surface area contributed by atoms with Crippen molar-refractivity contribution < 1.29 is 4.74 Å². The molecule has 110 valence electrons. The van der Waals surface area contributed by atoms with Gasteiger partial charge in [-0.3, -0.25) is 0 Å². The van der Waals surface area contributed by atoms with E-state index in [9.17, 15) is 0 Å². The predicted molar refractivity (Wildman–Crippen MR) is 77.7 cm³/mol. The summed E-state index contributed by atoms with van der Waals surface area (Å²) < 4.78 is 5.80. The number of piperidine rings is 1. The minimum atomic E-state index is -0.177. The van der Waals surface area contributed by atoms with Crippen molar-refractivity contribution in [2.75, 3.05) is 32.8 Å². The van der Waals surface area contributed by atoms with Crippen LogP contribution >= 0.6 is 0 Å². The van der Waals surface area contributed by atoms with Gasteiger partial charge in [-0.1, -0.05) is 0 Å². The van der Waals surface area contributed by atoms with Crippen LogP contribution in [0.5, 0.6) is 0 Å². The van der Waals surface area contributed by atoms with Crippen LogP contribution in [0.25, 0.3) is 0 Å². The smallest absolute Gasteiger partial charge is 0.0683 e. The van der Waals surface area contributed by atoms with Crippen molar-refractivity contribution in [1.82, 2.24) is 4.90 Å². The zero-order valence-corrected chi connectivity index (χ0v) is 12.5. The van der Waals surface area contributed by atoms with Crippen molar-refractivity contribution in [2.45, 2.75) is 52.1 Å². The van der Waals surface area contributed by atoms with Gasteiger partial charge >= 0.3 is 0 Å².